The topological polar surface area (TPSA) is 69.6 Å². The van der Waals surface area contributed by atoms with Gasteiger partial charge in [0.2, 0.25) is 11.8 Å². The summed E-state index contributed by atoms with van der Waals surface area (Å²) in [6, 6.07) is 9.07. The predicted octanol–water partition coefficient (Wildman–Crippen LogP) is 1.87. The average Bonchev–Trinajstić information content (AvgIpc) is 2.43. The van der Waals surface area contributed by atoms with Crippen LogP contribution in [0, 0.1) is 0 Å². The second-order valence-electron chi connectivity index (χ2n) is 6.09. The standard InChI is InChI=1S/C17H26N2O3/c1-5-19(12-17(3,4)22)16(21)11-15(18-13(2)20)14-9-7-6-8-10-14/h6-10,15,22H,5,11-12H2,1-4H3,(H,18,20). The van der Waals surface area contributed by atoms with Gasteiger partial charge in [-0.05, 0) is 26.3 Å². The van der Waals surface area contributed by atoms with Gasteiger partial charge in [0.1, 0.15) is 0 Å². The second-order valence-corrected chi connectivity index (χ2v) is 6.09. The summed E-state index contributed by atoms with van der Waals surface area (Å²) in [5.74, 6) is -0.264. The van der Waals surface area contributed by atoms with Crippen LogP contribution < -0.4 is 5.32 Å². The first-order chi connectivity index (χ1) is 10.2. The molecule has 2 amide bonds. The Kier molecular flexibility index (Phi) is 6.56. The van der Waals surface area contributed by atoms with Crippen LogP contribution in [0.3, 0.4) is 0 Å². The zero-order valence-corrected chi connectivity index (χ0v) is 13.8. The smallest absolute Gasteiger partial charge is 0.225 e. The lowest BCUT2D eigenvalue weighted by atomic mass is 10.0. The molecule has 22 heavy (non-hydrogen) atoms. The Morgan fingerprint density at radius 3 is 2.32 bits per heavy atom. The maximum Gasteiger partial charge on any atom is 0.225 e. The fourth-order valence-corrected chi connectivity index (χ4v) is 2.33. The summed E-state index contributed by atoms with van der Waals surface area (Å²) in [5, 5.41) is 12.7. The van der Waals surface area contributed by atoms with E-state index in [1.165, 1.54) is 6.92 Å². The van der Waals surface area contributed by atoms with Gasteiger partial charge in [0.25, 0.3) is 0 Å². The second kappa shape index (κ2) is 7.94. The molecular formula is C17H26N2O3. The van der Waals surface area contributed by atoms with Crippen LogP contribution in [0.15, 0.2) is 30.3 Å². The van der Waals surface area contributed by atoms with Crippen LogP contribution in [0.4, 0.5) is 0 Å². The molecule has 2 N–H and O–H groups in total. The molecule has 0 fully saturated rings. The van der Waals surface area contributed by atoms with Crippen LogP contribution in [-0.4, -0.2) is 40.5 Å². The molecule has 5 nitrogen and oxygen atoms in total. The highest BCUT2D eigenvalue weighted by Gasteiger charge is 2.24. The molecule has 1 aromatic carbocycles. The highest BCUT2D eigenvalue weighted by Crippen LogP contribution is 2.18. The van der Waals surface area contributed by atoms with Gasteiger partial charge in [0, 0.05) is 20.0 Å². The molecule has 122 valence electrons. The Bertz CT molecular complexity index is 494. The zero-order chi connectivity index (χ0) is 16.8. The van der Waals surface area contributed by atoms with Crippen molar-refractivity contribution >= 4 is 11.8 Å². The van der Waals surface area contributed by atoms with E-state index in [0.717, 1.165) is 5.56 Å². The van der Waals surface area contributed by atoms with E-state index in [1.54, 1.807) is 18.7 Å². The number of rotatable bonds is 7. The van der Waals surface area contributed by atoms with Gasteiger partial charge in [-0.2, -0.15) is 0 Å². The average molecular weight is 306 g/mol. The third-order valence-corrected chi connectivity index (χ3v) is 3.27. The minimum absolute atomic E-state index is 0.0905. The molecule has 0 spiro atoms. The van der Waals surface area contributed by atoms with Crippen LogP contribution in [0.1, 0.15) is 45.7 Å². The third-order valence-electron chi connectivity index (χ3n) is 3.27. The Morgan fingerprint density at radius 2 is 1.86 bits per heavy atom. The van der Waals surface area contributed by atoms with Crippen molar-refractivity contribution in [2.24, 2.45) is 0 Å². The van der Waals surface area contributed by atoms with Gasteiger partial charge in [-0.3, -0.25) is 9.59 Å². The summed E-state index contributed by atoms with van der Waals surface area (Å²) in [6.45, 7) is 7.44. The first kappa shape index (κ1) is 18.2. The molecule has 0 saturated carbocycles. The number of nitrogens with one attached hydrogen (secondary N) is 1. The molecule has 1 aromatic rings. The number of benzene rings is 1. The maximum atomic E-state index is 12.5. The van der Waals surface area contributed by atoms with Crippen molar-refractivity contribution in [1.82, 2.24) is 10.2 Å². The molecular weight excluding hydrogens is 280 g/mol. The quantitative estimate of drug-likeness (QED) is 0.808. The minimum atomic E-state index is -0.943. The van der Waals surface area contributed by atoms with E-state index in [0.29, 0.717) is 6.54 Å². The fraction of sp³-hybridized carbons (Fsp3) is 0.529. The van der Waals surface area contributed by atoms with Crippen molar-refractivity contribution < 1.29 is 14.7 Å². The SMILES string of the molecule is CCN(CC(C)(C)O)C(=O)CC(NC(C)=O)c1ccccc1. The van der Waals surface area contributed by atoms with Crippen LogP contribution >= 0.6 is 0 Å². The normalized spacial score (nSPS) is 12.6. The van der Waals surface area contributed by atoms with Gasteiger partial charge in [-0.25, -0.2) is 0 Å². The summed E-state index contributed by atoms with van der Waals surface area (Å²) in [7, 11) is 0. The lowest BCUT2D eigenvalue weighted by Crippen LogP contribution is -2.43. The summed E-state index contributed by atoms with van der Waals surface area (Å²) in [5.41, 5.74) is -0.0487. The maximum absolute atomic E-state index is 12.5. The molecule has 0 saturated heterocycles. The van der Waals surface area contributed by atoms with Crippen molar-refractivity contribution in [2.45, 2.75) is 45.8 Å². The number of aliphatic hydroxyl groups is 1. The lowest BCUT2D eigenvalue weighted by Gasteiger charge is -2.29. The molecule has 0 heterocycles. The van der Waals surface area contributed by atoms with Crippen LogP contribution in [0.5, 0.6) is 0 Å². The molecule has 0 aliphatic heterocycles. The number of carbonyl (C=O) groups is 2. The molecule has 0 radical (unpaired) electrons. The first-order valence-corrected chi connectivity index (χ1v) is 7.55. The van der Waals surface area contributed by atoms with E-state index in [2.05, 4.69) is 5.32 Å². The fourth-order valence-electron chi connectivity index (χ4n) is 2.33. The van der Waals surface area contributed by atoms with Crippen LogP contribution in [-0.2, 0) is 9.59 Å². The molecule has 0 aromatic heterocycles. The predicted molar refractivity (Wildman–Crippen MR) is 86.2 cm³/mol. The van der Waals surface area contributed by atoms with Crippen LogP contribution in [0.25, 0.3) is 0 Å². The van der Waals surface area contributed by atoms with Gasteiger partial charge in [0.15, 0.2) is 0 Å². The van der Waals surface area contributed by atoms with Crippen LogP contribution in [0.2, 0.25) is 0 Å². The van der Waals surface area contributed by atoms with Crippen molar-refractivity contribution in [2.75, 3.05) is 13.1 Å². The largest absolute Gasteiger partial charge is 0.389 e. The van der Waals surface area contributed by atoms with Crippen molar-refractivity contribution in [1.29, 1.82) is 0 Å². The van der Waals surface area contributed by atoms with E-state index in [4.69, 9.17) is 0 Å². The van der Waals surface area contributed by atoms with Crippen molar-refractivity contribution in [3.63, 3.8) is 0 Å². The number of nitrogens with zero attached hydrogens (tertiary/aromatic N) is 1. The molecule has 1 rings (SSSR count). The third kappa shape index (κ3) is 6.26. The van der Waals surface area contributed by atoms with E-state index < -0.39 is 5.60 Å². The number of carbonyl (C=O) groups excluding carboxylic acids is 2. The number of likely N-dealkylation sites (N-methyl/N-ethyl adjacent to an activating group) is 1. The van der Waals surface area contributed by atoms with Gasteiger partial charge in [-0.15, -0.1) is 0 Å². The molecule has 1 atom stereocenters. The number of amides is 2. The number of hydrogen-bond acceptors (Lipinski definition) is 3. The van der Waals surface area contributed by atoms with E-state index in [1.807, 2.05) is 37.3 Å². The molecule has 1 unspecified atom stereocenters. The monoisotopic (exact) mass is 306 g/mol. The summed E-state index contributed by atoms with van der Waals surface area (Å²) >= 11 is 0. The van der Waals surface area contributed by atoms with Crippen molar-refractivity contribution in [3.05, 3.63) is 35.9 Å². The molecule has 0 aliphatic rings. The molecule has 0 aliphatic carbocycles. The Balaban J connectivity index is 2.84. The Labute approximate surface area is 132 Å². The summed E-state index contributed by atoms with van der Waals surface area (Å²) < 4.78 is 0. The highest BCUT2D eigenvalue weighted by atomic mass is 16.3. The zero-order valence-electron chi connectivity index (χ0n) is 13.8. The van der Waals surface area contributed by atoms with Gasteiger partial charge >= 0.3 is 0 Å². The van der Waals surface area contributed by atoms with E-state index in [-0.39, 0.29) is 30.8 Å². The van der Waals surface area contributed by atoms with Gasteiger partial charge in [0.05, 0.1) is 18.1 Å². The van der Waals surface area contributed by atoms with E-state index >= 15 is 0 Å². The molecule has 5 heteroatoms. The van der Waals surface area contributed by atoms with Crippen molar-refractivity contribution in [3.8, 4) is 0 Å². The summed E-state index contributed by atoms with van der Waals surface area (Å²) in [6.07, 6.45) is 0.174. The lowest BCUT2D eigenvalue weighted by molar-refractivity contribution is -0.134. The Hall–Kier alpha value is -1.88. The first-order valence-electron chi connectivity index (χ1n) is 7.55. The van der Waals surface area contributed by atoms with Gasteiger partial charge in [-0.1, -0.05) is 30.3 Å². The minimum Gasteiger partial charge on any atom is -0.389 e. The van der Waals surface area contributed by atoms with E-state index in [9.17, 15) is 14.7 Å². The summed E-state index contributed by atoms with van der Waals surface area (Å²) in [4.78, 5) is 25.5. The number of hydrogen-bond donors (Lipinski definition) is 2. The Morgan fingerprint density at radius 1 is 1.27 bits per heavy atom. The van der Waals surface area contributed by atoms with Gasteiger partial charge < -0.3 is 15.3 Å². The highest BCUT2D eigenvalue weighted by molar-refractivity contribution is 5.79. The molecule has 0 bridgehead atoms.